The molecule has 28 heavy (non-hydrogen) atoms. The third-order valence-corrected chi connectivity index (χ3v) is 4.70. The van der Waals surface area contributed by atoms with Crippen LogP contribution in [0.25, 0.3) is 0 Å². The lowest BCUT2D eigenvalue weighted by atomic mass is 10.3. The van der Waals surface area contributed by atoms with Gasteiger partial charge in [0.05, 0.1) is 26.2 Å². The predicted octanol–water partition coefficient (Wildman–Crippen LogP) is -1.92. The van der Waals surface area contributed by atoms with E-state index in [2.05, 4.69) is 0 Å². The van der Waals surface area contributed by atoms with E-state index in [1.165, 1.54) is 4.90 Å². The number of carboxylic acid groups (broad SMARTS) is 5. The van der Waals surface area contributed by atoms with E-state index in [1.54, 1.807) is 22.6 Å². The molecule has 0 aromatic rings. The summed E-state index contributed by atoms with van der Waals surface area (Å²) in [5.41, 5.74) is 0. The Bertz CT molecular complexity index is 572. The molecule has 0 heterocycles. The molecule has 0 aromatic carbocycles. The summed E-state index contributed by atoms with van der Waals surface area (Å²) in [6.07, 6.45) is 0. The standard InChI is InChI=1S/C14H22IN3O10/c15-13(14(27)28)18(8-12(25)26)4-3-16(5-9(19)20)1-2-17(6-10(21)22)7-11(23)24/h13H,1-8H2,(H,19,20)(H,21,22)(H,23,24)(H,25,26)(H,27,28). The fraction of sp³-hybridized carbons (Fsp3) is 0.643. The second-order valence-electron chi connectivity index (χ2n) is 5.71. The lowest BCUT2D eigenvalue weighted by molar-refractivity contribution is -0.144. The van der Waals surface area contributed by atoms with Gasteiger partial charge in [-0.05, 0) is 0 Å². The summed E-state index contributed by atoms with van der Waals surface area (Å²) in [4.78, 5) is 58.2. The second-order valence-corrected chi connectivity index (χ2v) is 6.89. The van der Waals surface area contributed by atoms with Crippen molar-refractivity contribution in [1.82, 2.24) is 14.7 Å². The van der Waals surface area contributed by atoms with Crippen molar-refractivity contribution in [2.75, 3.05) is 52.4 Å². The molecule has 0 bridgehead atoms. The van der Waals surface area contributed by atoms with E-state index in [-0.39, 0.29) is 26.2 Å². The average molecular weight is 519 g/mol. The fourth-order valence-corrected chi connectivity index (χ4v) is 2.69. The normalized spacial score (nSPS) is 12.3. The van der Waals surface area contributed by atoms with Gasteiger partial charge in [-0.3, -0.25) is 33.9 Å². The highest BCUT2D eigenvalue weighted by Crippen LogP contribution is 2.09. The summed E-state index contributed by atoms with van der Waals surface area (Å²) in [6.45, 7) is -2.28. The number of aliphatic carboxylic acids is 5. The van der Waals surface area contributed by atoms with E-state index in [0.717, 1.165) is 9.80 Å². The molecule has 1 atom stereocenters. The van der Waals surface area contributed by atoms with Crippen molar-refractivity contribution in [3.63, 3.8) is 0 Å². The Balaban J connectivity index is 5.00. The number of hydrogen-bond donors (Lipinski definition) is 5. The topological polar surface area (TPSA) is 196 Å². The Kier molecular flexibility index (Phi) is 12.2. The highest BCUT2D eigenvalue weighted by Gasteiger charge is 2.25. The van der Waals surface area contributed by atoms with Gasteiger partial charge in [0.1, 0.15) is 0 Å². The zero-order chi connectivity index (χ0) is 21.9. The van der Waals surface area contributed by atoms with Crippen molar-refractivity contribution in [3.05, 3.63) is 0 Å². The van der Waals surface area contributed by atoms with Crippen molar-refractivity contribution in [1.29, 1.82) is 0 Å². The zero-order valence-corrected chi connectivity index (χ0v) is 16.9. The van der Waals surface area contributed by atoms with E-state index in [0.29, 0.717) is 0 Å². The summed E-state index contributed by atoms with van der Waals surface area (Å²) in [6, 6.07) is 0. The minimum Gasteiger partial charge on any atom is -0.480 e. The zero-order valence-electron chi connectivity index (χ0n) is 14.7. The summed E-state index contributed by atoms with van der Waals surface area (Å²) in [7, 11) is 0. The number of nitrogens with zero attached hydrogens (tertiary/aromatic N) is 3. The van der Waals surface area contributed by atoms with Crippen LogP contribution >= 0.6 is 22.6 Å². The van der Waals surface area contributed by atoms with Crippen LogP contribution in [0.1, 0.15) is 0 Å². The monoisotopic (exact) mass is 519 g/mol. The Morgan fingerprint density at radius 1 is 0.607 bits per heavy atom. The first-order valence-corrected chi connectivity index (χ1v) is 9.09. The van der Waals surface area contributed by atoms with Gasteiger partial charge < -0.3 is 25.5 Å². The maximum atomic E-state index is 11.1. The first-order chi connectivity index (χ1) is 12.9. The van der Waals surface area contributed by atoms with Crippen LogP contribution in [0.15, 0.2) is 0 Å². The van der Waals surface area contributed by atoms with Gasteiger partial charge in [-0.1, -0.05) is 22.6 Å². The number of hydrogen-bond acceptors (Lipinski definition) is 8. The van der Waals surface area contributed by atoms with Crippen molar-refractivity contribution in [3.8, 4) is 0 Å². The van der Waals surface area contributed by atoms with E-state index >= 15 is 0 Å². The molecule has 0 saturated heterocycles. The Hall–Kier alpha value is -2.04. The minimum absolute atomic E-state index is 0.00719. The van der Waals surface area contributed by atoms with Gasteiger partial charge in [-0.15, -0.1) is 0 Å². The number of rotatable bonds is 16. The van der Waals surface area contributed by atoms with Crippen LogP contribution < -0.4 is 0 Å². The van der Waals surface area contributed by atoms with Gasteiger partial charge in [0, 0.05) is 26.2 Å². The highest BCUT2D eigenvalue weighted by atomic mass is 127. The molecule has 0 aliphatic heterocycles. The maximum Gasteiger partial charge on any atom is 0.331 e. The molecular formula is C14H22IN3O10. The fourth-order valence-electron chi connectivity index (χ4n) is 2.21. The Morgan fingerprint density at radius 3 is 1.36 bits per heavy atom. The van der Waals surface area contributed by atoms with Crippen LogP contribution in [-0.2, 0) is 24.0 Å². The van der Waals surface area contributed by atoms with Crippen LogP contribution in [-0.4, -0.2) is 126 Å². The van der Waals surface area contributed by atoms with Gasteiger partial charge in [0.15, 0.2) is 4.05 Å². The molecule has 0 saturated carbocycles. The maximum absolute atomic E-state index is 11.1. The van der Waals surface area contributed by atoms with Crippen LogP contribution in [0.2, 0.25) is 0 Å². The molecule has 1 unspecified atom stereocenters. The van der Waals surface area contributed by atoms with E-state index in [1.807, 2.05) is 0 Å². The molecule has 0 radical (unpaired) electrons. The second kappa shape index (κ2) is 13.2. The molecule has 160 valence electrons. The molecule has 0 aliphatic carbocycles. The van der Waals surface area contributed by atoms with Gasteiger partial charge in [-0.25, -0.2) is 4.79 Å². The van der Waals surface area contributed by atoms with E-state index in [4.69, 9.17) is 25.5 Å². The minimum atomic E-state index is -1.25. The van der Waals surface area contributed by atoms with Crippen molar-refractivity contribution >= 4 is 52.4 Å². The van der Waals surface area contributed by atoms with Gasteiger partial charge in [-0.2, -0.15) is 0 Å². The summed E-state index contributed by atoms with van der Waals surface area (Å²) >= 11 is 1.55. The lowest BCUT2D eigenvalue weighted by Crippen LogP contribution is -2.47. The third kappa shape index (κ3) is 12.4. The quantitative estimate of drug-likeness (QED) is 0.0861. The third-order valence-electron chi connectivity index (χ3n) is 3.38. The molecule has 5 N–H and O–H groups in total. The molecule has 0 rings (SSSR count). The van der Waals surface area contributed by atoms with E-state index < -0.39 is 60.1 Å². The first kappa shape index (κ1) is 26.0. The number of carbonyl (C=O) groups is 5. The number of carboxylic acids is 5. The molecular weight excluding hydrogens is 497 g/mol. The van der Waals surface area contributed by atoms with Crippen molar-refractivity contribution < 1.29 is 49.5 Å². The summed E-state index contributed by atoms with van der Waals surface area (Å²) < 4.78 is -1.14. The van der Waals surface area contributed by atoms with Crippen molar-refractivity contribution in [2.24, 2.45) is 0 Å². The van der Waals surface area contributed by atoms with Gasteiger partial charge >= 0.3 is 29.8 Å². The predicted molar refractivity (Wildman–Crippen MR) is 100 cm³/mol. The summed E-state index contributed by atoms with van der Waals surface area (Å²) in [5.74, 6) is -6.18. The smallest absolute Gasteiger partial charge is 0.331 e. The molecule has 0 amide bonds. The molecule has 0 aliphatic rings. The number of halogens is 1. The van der Waals surface area contributed by atoms with Crippen LogP contribution in [0, 0.1) is 0 Å². The molecule has 0 aromatic heterocycles. The van der Waals surface area contributed by atoms with E-state index in [9.17, 15) is 24.0 Å². The summed E-state index contributed by atoms with van der Waals surface area (Å²) in [5, 5.41) is 44.6. The molecule has 0 fully saturated rings. The van der Waals surface area contributed by atoms with Crippen molar-refractivity contribution in [2.45, 2.75) is 4.05 Å². The van der Waals surface area contributed by atoms with Gasteiger partial charge in [0.2, 0.25) is 0 Å². The number of alkyl halides is 1. The van der Waals surface area contributed by atoms with Crippen LogP contribution in [0.3, 0.4) is 0 Å². The highest BCUT2D eigenvalue weighted by molar-refractivity contribution is 14.1. The van der Waals surface area contributed by atoms with Crippen LogP contribution in [0.4, 0.5) is 0 Å². The Morgan fingerprint density at radius 2 is 0.964 bits per heavy atom. The molecule has 14 heteroatoms. The molecule has 0 spiro atoms. The molecule has 13 nitrogen and oxygen atoms in total. The Labute approximate surface area is 173 Å². The first-order valence-electron chi connectivity index (χ1n) is 7.85. The van der Waals surface area contributed by atoms with Crippen LogP contribution in [0.5, 0.6) is 0 Å². The lowest BCUT2D eigenvalue weighted by Gasteiger charge is -2.28. The average Bonchev–Trinajstić information content (AvgIpc) is 2.53. The SMILES string of the molecule is O=C(O)CN(CCN(CC(=O)O)CC(=O)O)CCN(CC(=O)O)C(I)C(=O)O. The largest absolute Gasteiger partial charge is 0.480 e. The van der Waals surface area contributed by atoms with Gasteiger partial charge in [0.25, 0.3) is 0 Å².